The van der Waals surface area contributed by atoms with E-state index in [1.807, 2.05) is 30.3 Å². The minimum absolute atomic E-state index is 0.0199. The molecule has 0 heterocycles. The Kier molecular flexibility index (Phi) is 7.31. The van der Waals surface area contributed by atoms with Crippen LogP contribution in [0.1, 0.15) is 45.6 Å². The highest BCUT2D eigenvalue weighted by molar-refractivity contribution is 5.70. The van der Waals surface area contributed by atoms with Gasteiger partial charge in [-0.05, 0) is 23.8 Å². The van der Waals surface area contributed by atoms with E-state index in [0.29, 0.717) is 18.6 Å². The van der Waals surface area contributed by atoms with Crippen LogP contribution in [0.5, 0.6) is 0 Å². The van der Waals surface area contributed by atoms with Gasteiger partial charge in [0.2, 0.25) is 0 Å². The van der Waals surface area contributed by atoms with Crippen molar-refractivity contribution in [1.29, 1.82) is 0 Å². The SMILES string of the molecule is CCC(C)(C)CCCOC(=O)COCc1ccccc1. The van der Waals surface area contributed by atoms with Crippen LogP contribution in [0.15, 0.2) is 30.3 Å². The summed E-state index contributed by atoms with van der Waals surface area (Å²) in [4.78, 5) is 11.5. The fourth-order valence-electron chi connectivity index (χ4n) is 1.78. The van der Waals surface area contributed by atoms with Gasteiger partial charge in [-0.3, -0.25) is 0 Å². The third-order valence-electron chi connectivity index (χ3n) is 3.55. The highest BCUT2D eigenvalue weighted by Crippen LogP contribution is 2.25. The molecule has 0 radical (unpaired) electrons. The predicted octanol–water partition coefficient (Wildman–Crippen LogP) is 3.96. The fourth-order valence-corrected chi connectivity index (χ4v) is 1.78. The summed E-state index contributed by atoms with van der Waals surface area (Å²) < 4.78 is 10.5. The zero-order valence-corrected chi connectivity index (χ0v) is 12.9. The Morgan fingerprint density at radius 2 is 1.90 bits per heavy atom. The van der Waals surface area contributed by atoms with E-state index in [1.54, 1.807) is 0 Å². The zero-order chi connectivity index (χ0) is 14.8. The van der Waals surface area contributed by atoms with Gasteiger partial charge in [-0.25, -0.2) is 4.79 Å². The monoisotopic (exact) mass is 278 g/mol. The molecule has 0 saturated heterocycles. The molecule has 0 aliphatic rings. The molecular formula is C17H26O3. The van der Waals surface area contributed by atoms with Gasteiger partial charge in [-0.1, -0.05) is 57.5 Å². The molecule has 0 fully saturated rings. The normalized spacial score (nSPS) is 11.3. The average Bonchev–Trinajstić information content (AvgIpc) is 2.45. The van der Waals surface area contributed by atoms with E-state index in [1.165, 1.54) is 0 Å². The van der Waals surface area contributed by atoms with Crippen LogP contribution in [0.3, 0.4) is 0 Å². The maximum atomic E-state index is 11.5. The quantitative estimate of drug-likeness (QED) is 0.506. The Labute approximate surface area is 122 Å². The number of hydrogen-bond donors (Lipinski definition) is 0. The lowest BCUT2D eigenvalue weighted by Crippen LogP contribution is -2.15. The molecule has 0 N–H and O–H groups in total. The first-order chi connectivity index (χ1) is 9.53. The molecule has 0 aromatic heterocycles. The molecule has 0 bridgehead atoms. The summed E-state index contributed by atoms with van der Waals surface area (Å²) in [6.07, 6.45) is 3.12. The first kappa shape index (κ1) is 16.7. The van der Waals surface area contributed by atoms with Crippen molar-refractivity contribution in [1.82, 2.24) is 0 Å². The number of ether oxygens (including phenoxy) is 2. The maximum Gasteiger partial charge on any atom is 0.332 e. The fraction of sp³-hybridized carbons (Fsp3) is 0.588. The first-order valence-electron chi connectivity index (χ1n) is 7.31. The molecule has 0 saturated carbocycles. The summed E-state index contributed by atoms with van der Waals surface area (Å²) in [6.45, 7) is 7.60. The van der Waals surface area contributed by atoms with Crippen molar-refractivity contribution in [3.63, 3.8) is 0 Å². The highest BCUT2D eigenvalue weighted by atomic mass is 16.6. The van der Waals surface area contributed by atoms with Crippen LogP contribution in [0.4, 0.5) is 0 Å². The van der Waals surface area contributed by atoms with Crippen LogP contribution in [-0.4, -0.2) is 19.2 Å². The van der Waals surface area contributed by atoms with Crippen LogP contribution in [0.25, 0.3) is 0 Å². The summed E-state index contributed by atoms with van der Waals surface area (Å²) in [7, 11) is 0. The van der Waals surface area contributed by atoms with Crippen LogP contribution in [0, 0.1) is 5.41 Å². The molecule has 0 unspecified atom stereocenters. The lowest BCUT2D eigenvalue weighted by molar-refractivity contribution is -0.149. The summed E-state index contributed by atoms with van der Waals surface area (Å²) in [5.74, 6) is -0.282. The Hall–Kier alpha value is -1.35. The summed E-state index contributed by atoms with van der Waals surface area (Å²) in [5.41, 5.74) is 1.39. The Bertz CT molecular complexity index is 384. The largest absolute Gasteiger partial charge is 0.464 e. The van der Waals surface area contributed by atoms with Gasteiger partial charge in [0.15, 0.2) is 0 Å². The molecule has 3 nitrogen and oxygen atoms in total. The van der Waals surface area contributed by atoms with E-state index in [2.05, 4.69) is 20.8 Å². The van der Waals surface area contributed by atoms with Crippen molar-refractivity contribution in [3.05, 3.63) is 35.9 Å². The van der Waals surface area contributed by atoms with Gasteiger partial charge in [0.1, 0.15) is 6.61 Å². The molecule has 1 aromatic carbocycles. The summed E-state index contributed by atoms with van der Waals surface area (Å²) in [5, 5.41) is 0. The van der Waals surface area contributed by atoms with Crippen molar-refractivity contribution >= 4 is 5.97 Å². The van der Waals surface area contributed by atoms with Gasteiger partial charge in [0, 0.05) is 0 Å². The second kappa shape index (κ2) is 8.75. The van der Waals surface area contributed by atoms with E-state index in [4.69, 9.17) is 9.47 Å². The standard InChI is InChI=1S/C17H26O3/c1-4-17(2,3)11-8-12-20-16(18)14-19-13-15-9-6-5-7-10-15/h5-7,9-10H,4,8,11-14H2,1-3H3. The second-order valence-electron chi connectivity index (χ2n) is 5.82. The van der Waals surface area contributed by atoms with E-state index in [-0.39, 0.29) is 12.6 Å². The van der Waals surface area contributed by atoms with E-state index in [0.717, 1.165) is 24.8 Å². The lowest BCUT2D eigenvalue weighted by Gasteiger charge is -2.21. The molecule has 0 amide bonds. The van der Waals surface area contributed by atoms with Crippen molar-refractivity contribution in [2.24, 2.45) is 5.41 Å². The van der Waals surface area contributed by atoms with Gasteiger partial charge in [0.25, 0.3) is 0 Å². The highest BCUT2D eigenvalue weighted by Gasteiger charge is 2.14. The van der Waals surface area contributed by atoms with Crippen LogP contribution < -0.4 is 0 Å². The zero-order valence-electron chi connectivity index (χ0n) is 12.9. The van der Waals surface area contributed by atoms with Gasteiger partial charge >= 0.3 is 5.97 Å². The third-order valence-corrected chi connectivity index (χ3v) is 3.55. The number of carbonyl (C=O) groups excluding carboxylic acids is 1. The van der Waals surface area contributed by atoms with Gasteiger partial charge in [-0.15, -0.1) is 0 Å². The molecule has 0 aliphatic carbocycles. The second-order valence-corrected chi connectivity index (χ2v) is 5.82. The maximum absolute atomic E-state index is 11.5. The van der Waals surface area contributed by atoms with Crippen LogP contribution >= 0.6 is 0 Å². The van der Waals surface area contributed by atoms with Crippen LogP contribution in [-0.2, 0) is 20.9 Å². The number of hydrogen-bond acceptors (Lipinski definition) is 3. The smallest absolute Gasteiger partial charge is 0.332 e. The van der Waals surface area contributed by atoms with Crippen molar-refractivity contribution in [2.45, 2.75) is 46.6 Å². The number of benzene rings is 1. The van der Waals surface area contributed by atoms with Gasteiger partial charge < -0.3 is 9.47 Å². The Balaban J connectivity index is 2.06. The van der Waals surface area contributed by atoms with Crippen molar-refractivity contribution in [2.75, 3.05) is 13.2 Å². The number of rotatable bonds is 9. The number of carbonyl (C=O) groups is 1. The van der Waals surface area contributed by atoms with Crippen molar-refractivity contribution < 1.29 is 14.3 Å². The average molecular weight is 278 g/mol. The van der Waals surface area contributed by atoms with E-state index in [9.17, 15) is 4.79 Å². The lowest BCUT2D eigenvalue weighted by atomic mass is 9.85. The Morgan fingerprint density at radius 3 is 2.55 bits per heavy atom. The molecule has 112 valence electrons. The van der Waals surface area contributed by atoms with E-state index < -0.39 is 0 Å². The molecule has 20 heavy (non-hydrogen) atoms. The minimum atomic E-state index is -0.282. The Morgan fingerprint density at radius 1 is 1.20 bits per heavy atom. The molecule has 1 aromatic rings. The molecule has 1 rings (SSSR count). The van der Waals surface area contributed by atoms with Crippen molar-refractivity contribution in [3.8, 4) is 0 Å². The van der Waals surface area contributed by atoms with Gasteiger partial charge in [-0.2, -0.15) is 0 Å². The summed E-state index contributed by atoms with van der Waals surface area (Å²) in [6, 6.07) is 9.80. The molecule has 3 heteroatoms. The summed E-state index contributed by atoms with van der Waals surface area (Å²) >= 11 is 0. The predicted molar refractivity (Wildman–Crippen MR) is 80.4 cm³/mol. The van der Waals surface area contributed by atoms with E-state index >= 15 is 0 Å². The van der Waals surface area contributed by atoms with Crippen LogP contribution in [0.2, 0.25) is 0 Å². The van der Waals surface area contributed by atoms with Gasteiger partial charge in [0.05, 0.1) is 13.2 Å². The molecule has 0 atom stereocenters. The topological polar surface area (TPSA) is 35.5 Å². The molecule has 0 aliphatic heterocycles. The molecule has 0 spiro atoms. The number of esters is 1. The third kappa shape index (κ3) is 7.29. The molecular weight excluding hydrogens is 252 g/mol. The first-order valence-corrected chi connectivity index (χ1v) is 7.31. The minimum Gasteiger partial charge on any atom is -0.464 e.